The summed E-state index contributed by atoms with van der Waals surface area (Å²) < 4.78 is 16.7. The lowest BCUT2D eigenvalue weighted by atomic mass is 9.79. The Morgan fingerprint density at radius 2 is 1.80 bits per heavy atom. The third-order valence-corrected chi connectivity index (χ3v) is 6.63. The standard InChI is InChI=1S/C24H25NO4S/c1-27-20-12-8-11-19(21(20)28-2)22-25-18(16-30-22)15-29-23(26)24(13-6-7-14-24)17-9-4-3-5-10-17/h3-5,8-12,16H,6-7,13-15H2,1-2H3. The van der Waals surface area contributed by atoms with Crippen LogP contribution in [0.2, 0.25) is 0 Å². The molecule has 1 saturated carbocycles. The van der Waals surface area contributed by atoms with E-state index >= 15 is 0 Å². The molecule has 0 unspecified atom stereocenters. The third-order valence-electron chi connectivity index (χ3n) is 5.71. The summed E-state index contributed by atoms with van der Waals surface area (Å²) in [6.45, 7) is 0.163. The van der Waals surface area contributed by atoms with Gasteiger partial charge in [0, 0.05) is 5.38 Å². The van der Waals surface area contributed by atoms with Crippen molar-refractivity contribution in [3.05, 3.63) is 65.2 Å². The number of carbonyl (C=O) groups is 1. The Kier molecular flexibility index (Phi) is 6.04. The fourth-order valence-corrected chi connectivity index (χ4v) is 5.00. The van der Waals surface area contributed by atoms with E-state index in [2.05, 4.69) is 4.98 Å². The Hall–Kier alpha value is -2.86. The molecule has 0 atom stereocenters. The molecule has 156 valence electrons. The Morgan fingerprint density at radius 3 is 2.50 bits per heavy atom. The number of hydrogen-bond donors (Lipinski definition) is 0. The van der Waals surface area contributed by atoms with E-state index in [1.54, 1.807) is 14.2 Å². The largest absolute Gasteiger partial charge is 0.493 e. The predicted octanol–water partition coefficient (Wildman–Crippen LogP) is 5.38. The topological polar surface area (TPSA) is 57.7 Å². The van der Waals surface area contributed by atoms with Gasteiger partial charge in [-0.05, 0) is 30.5 Å². The number of ether oxygens (including phenoxy) is 3. The number of hydrogen-bond acceptors (Lipinski definition) is 6. The van der Waals surface area contributed by atoms with E-state index in [0.29, 0.717) is 11.5 Å². The summed E-state index contributed by atoms with van der Waals surface area (Å²) in [4.78, 5) is 17.8. The first-order valence-corrected chi connectivity index (χ1v) is 10.9. The molecule has 0 radical (unpaired) electrons. The van der Waals surface area contributed by atoms with E-state index in [4.69, 9.17) is 14.2 Å². The predicted molar refractivity (Wildman–Crippen MR) is 117 cm³/mol. The summed E-state index contributed by atoms with van der Waals surface area (Å²) in [5.74, 6) is 1.15. The van der Waals surface area contributed by atoms with Crippen LogP contribution < -0.4 is 9.47 Å². The fraction of sp³-hybridized carbons (Fsp3) is 0.333. The number of esters is 1. The van der Waals surface area contributed by atoms with E-state index in [1.807, 2.05) is 53.9 Å². The minimum Gasteiger partial charge on any atom is -0.493 e. The molecule has 30 heavy (non-hydrogen) atoms. The smallest absolute Gasteiger partial charge is 0.316 e. The average molecular weight is 424 g/mol. The van der Waals surface area contributed by atoms with Gasteiger partial charge in [-0.15, -0.1) is 11.3 Å². The van der Waals surface area contributed by atoms with Gasteiger partial charge in [-0.2, -0.15) is 0 Å². The van der Waals surface area contributed by atoms with Crippen molar-refractivity contribution < 1.29 is 19.0 Å². The molecule has 2 aromatic carbocycles. The first-order chi connectivity index (χ1) is 14.7. The Labute approximate surface area is 180 Å². The maximum Gasteiger partial charge on any atom is 0.316 e. The van der Waals surface area contributed by atoms with Gasteiger partial charge in [-0.3, -0.25) is 4.79 Å². The molecule has 1 aromatic heterocycles. The average Bonchev–Trinajstić information content (AvgIpc) is 3.48. The summed E-state index contributed by atoms with van der Waals surface area (Å²) in [6, 6.07) is 15.7. The van der Waals surface area contributed by atoms with Crippen molar-refractivity contribution in [3.8, 4) is 22.1 Å². The summed E-state index contributed by atoms with van der Waals surface area (Å²) in [6.07, 6.45) is 3.75. The molecule has 0 aliphatic heterocycles. The molecular formula is C24H25NO4S. The van der Waals surface area contributed by atoms with Crippen molar-refractivity contribution >= 4 is 17.3 Å². The van der Waals surface area contributed by atoms with Crippen molar-refractivity contribution in [1.29, 1.82) is 0 Å². The number of benzene rings is 2. The van der Waals surface area contributed by atoms with Crippen molar-refractivity contribution in [3.63, 3.8) is 0 Å². The van der Waals surface area contributed by atoms with Gasteiger partial charge in [0.2, 0.25) is 0 Å². The summed E-state index contributed by atoms with van der Waals surface area (Å²) in [7, 11) is 3.22. The second kappa shape index (κ2) is 8.88. The van der Waals surface area contributed by atoms with Crippen molar-refractivity contribution in [2.45, 2.75) is 37.7 Å². The van der Waals surface area contributed by atoms with Gasteiger partial charge in [0.1, 0.15) is 11.6 Å². The van der Waals surface area contributed by atoms with Gasteiger partial charge in [0.15, 0.2) is 11.5 Å². The van der Waals surface area contributed by atoms with Crippen molar-refractivity contribution in [1.82, 2.24) is 4.98 Å². The highest BCUT2D eigenvalue weighted by Gasteiger charge is 2.44. The summed E-state index contributed by atoms with van der Waals surface area (Å²) in [5, 5.41) is 2.72. The van der Waals surface area contributed by atoms with Gasteiger partial charge >= 0.3 is 5.97 Å². The molecule has 0 amide bonds. The van der Waals surface area contributed by atoms with Crippen molar-refractivity contribution in [2.24, 2.45) is 0 Å². The number of carbonyl (C=O) groups excluding carboxylic acids is 1. The maximum atomic E-state index is 13.1. The first-order valence-electron chi connectivity index (χ1n) is 10.1. The summed E-state index contributed by atoms with van der Waals surface area (Å²) >= 11 is 1.49. The first kappa shape index (κ1) is 20.4. The molecule has 4 rings (SSSR count). The number of methoxy groups -OCH3 is 2. The lowest BCUT2D eigenvalue weighted by Crippen LogP contribution is -2.34. The molecule has 0 N–H and O–H groups in total. The summed E-state index contributed by atoms with van der Waals surface area (Å²) in [5.41, 5.74) is 2.11. The molecule has 0 saturated heterocycles. The number of para-hydroxylation sites is 1. The monoisotopic (exact) mass is 423 g/mol. The molecule has 5 nitrogen and oxygen atoms in total. The molecule has 0 bridgehead atoms. The van der Waals surface area contributed by atoms with Crippen LogP contribution in [0.3, 0.4) is 0 Å². The van der Waals surface area contributed by atoms with Crippen LogP contribution in [0.1, 0.15) is 36.9 Å². The number of nitrogens with zero attached hydrogens (tertiary/aromatic N) is 1. The van der Waals surface area contributed by atoms with Crippen LogP contribution in [-0.4, -0.2) is 25.2 Å². The maximum absolute atomic E-state index is 13.1. The molecule has 3 aromatic rings. The Bertz CT molecular complexity index is 1010. The highest BCUT2D eigenvalue weighted by molar-refractivity contribution is 7.13. The zero-order valence-electron chi connectivity index (χ0n) is 17.2. The minimum atomic E-state index is -0.532. The molecule has 6 heteroatoms. The fourth-order valence-electron chi connectivity index (χ4n) is 4.18. The normalized spacial score (nSPS) is 15.0. The SMILES string of the molecule is COc1cccc(-c2nc(COC(=O)C3(c4ccccc4)CCCC3)cs2)c1OC. The molecule has 1 aliphatic carbocycles. The minimum absolute atomic E-state index is 0.153. The lowest BCUT2D eigenvalue weighted by molar-refractivity contribution is -0.152. The van der Waals surface area contributed by atoms with Gasteiger partial charge in [-0.25, -0.2) is 4.98 Å². The molecule has 1 aliphatic rings. The van der Waals surface area contributed by atoms with E-state index in [1.165, 1.54) is 11.3 Å². The van der Waals surface area contributed by atoms with Crippen LogP contribution in [-0.2, 0) is 21.6 Å². The van der Waals surface area contributed by atoms with Gasteiger partial charge < -0.3 is 14.2 Å². The third kappa shape index (κ3) is 3.79. The van der Waals surface area contributed by atoms with E-state index < -0.39 is 5.41 Å². The van der Waals surface area contributed by atoms with Crippen LogP contribution in [0, 0.1) is 0 Å². The van der Waals surface area contributed by atoms with E-state index in [0.717, 1.165) is 47.5 Å². The Morgan fingerprint density at radius 1 is 1.03 bits per heavy atom. The van der Waals surface area contributed by atoms with Crippen LogP contribution in [0.25, 0.3) is 10.6 Å². The molecule has 1 fully saturated rings. The van der Waals surface area contributed by atoms with Gasteiger partial charge in [0.25, 0.3) is 0 Å². The van der Waals surface area contributed by atoms with E-state index in [-0.39, 0.29) is 12.6 Å². The zero-order chi connectivity index (χ0) is 21.0. The van der Waals surface area contributed by atoms with Crippen LogP contribution >= 0.6 is 11.3 Å². The second-order valence-electron chi connectivity index (χ2n) is 7.42. The lowest BCUT2D eigenvalue weighted by Gasteiger charge is -2.27. The van der Waals surface area contributed by atoms with Crippen LogP contribution in [0.5, 0.6) is 11.5 Å². The van der Waals surface area contributed by atoms with Crippen molar-refractivity contribution in [2.75, 3.05) is 14.2 Å². The number of rotatable bonds is 7. The number of aromatic nitrogens is 1. The van der Waals surface area contributed by atoms with E-state index in [9.17, 15) is 4.79 Å². The van der Waals surface area contributed by atoms with Crippen LogP contribution in [0.15, 0.2) is 53.9 Å². The van der Waals surface area contributed by atoms with Crippen LogP contribution in [0.4, 0.5) is 0 Å². The highest BCUT2D eigenvalue weighted by Crippen LogP contribution is 2.42. The zero-order valence-corrected chi connectivity index (χ0v) is 18.0. The Balaban J connectivity index is 1.51. The number of thiazole rings is 1. The molecular weight excluding hydrogens is 398 g/mol. The quantitative estimate of drug-likeness (QED) is 0.477. The van der Waals surface area contributed by atoms with Gasteiger partial charge in [-0.1, -0.05) is 49.2 Å². The van der Waals surface area contributed by atoms with Gasteiger partial charge in [0.05, 0.1) is 30.9 Å². The second-order valence-corrected chi connectivity index (χ2v) is 8.27. The highest BCUT2D eigenvalue weighted by atomic mass is 32.1. The molecule has 1 heterocycles. The molecule has 0 spiro atoms.